The minimum Gasteiger partial charge on any atom is -0.338 e. The van der Waals surface area contributed by atoms with Crippen LogP contribution in [0.4, 0.5) is 4.39 Å². The molecule has 0 saturated carbocycles. The fourth-order valence-electron chi connectivity index (χ4n) is 3.26. The van der Waals surface area contributed by atoms with Gasteiger partial charge in [0.2, 0.25) is 5.91 Å². The van der Waals surface area contributed by atoms with E-state index in [1.54, 1.807) is 40.3 Å². The molecule has 1 saturated heterocycles. The molecule has 0 bridgehead atoms. The van der Waals surface area contributed by atoms with Crippen molar-refractivity contribution in [1.29, 1.82) is 0 Å². The standard InChI is InChI=1S/C19H18FN5O3/c20-15-5-3-4-14(12-15)18(27)23-10-8-22(9-11-23)17(26)13-25-19(28)24-7-2-1-6-16(24)21-25/h1-7,12H,8-11,13H2. The summed E-state index contributed by atoms with van der Waals surface area (Å²) in [6.07, 6.45) is 1.60. The first-order valence-corrected chi connectivity index (χ1v) is 8.90. The fraction of sp³-hybridized carbons (Fsp3) is 0.263. The second kappa shape index (κ2) is 7.26. The maximum absolute atomic E-state index is 13.3. The van der Waals surface area contributed by atoms with E-state index in [9.17, 15) is 18.8 Å². The van der Waals surface area contributed by atoms with Crippen molar-refractivity contribution in [3.63, 3.8) is 0 Å². The smallest absolute Gasteiger partial charge is 0.338 e. The molecule has 1 aromatic carbocycles. The summed E-state index contributed by atoms with van der Waals surface area (Å²) >= 11 is 0. The fourth-order valence-corrected chi connectivity index (χ4v) is 3.26. The predicted octanol–water partition coefficient (Wildman–Crippen LogP) is 0.620. The molecule has 28 heavy (non-hydrogen) atoms. The van der Waals surface area contributed by atoms with Crippen molar-refractivity contribution in [2.24, 2.45) is 0 Å². The molecule has 1 aliphatic rings. The Bertz CT molecular complexity index is 1100. The number of carbonyl (C=O) groups excluding carboxylic acids is 2. The minimum atomic E-state index is -0.461. The molecule has 3 heterocycles. The summed E-state index contributed by atoms with van der Waals surface area (Å²) in [6, 6.07) is 10.7. The lowest BCUT2D eigenvalue weighted by atomic mass is 10.1. The third-order valence-electron chi connectivity index (χ3n) is 4.76. The molecule has 8 nitrogen and oxygen atoms in total. The van der Waals surface area contributed by atoms with Crippen molar-refractivity contribution >= 4 is 17.5 Å². The molecular weight excluding hydrogens is 365 g/mol. The van der Waals surface area contributed by atoms with Crippen LogP contribution in [0.1, 0.15) is 10.4 Å². The van der Waals surface area contributed by atoms with Gasteiger partial charge in [-0.25, -0.2) is 13.9 Å². The zero-order chi connectivity index (χ0) is 19.7. The molecule has 144 valence electrons. The highest BCUT2D eigenvalue weighted by atomic mass is 19.1. The zero-order valence-corrected chi connectivity index (χ0v) is 15.0. The lowest BCUT2D eigenvalue weighted by molar-refractivity contribution is -0.133. The molecule has 9 heteroatoms. The largest absolute Gasteiger partial charge is 0.350 e. The molecule has 0 unspecified atom stereocenters. The summed E-state index contributed by atoms with van der Waals surface area (Å²) in [5, 5.41) is 4.16. The number of piperazine rings is 1. The van der Waals surface area contributed by atoms with Gasteiger partial charge < -0.3 is 9.80 Å². The molecule has 0 aliphatic carbocycles. The third-order valence-corrected chi connectivity index (χ3v) is 4.76. The summed E-state index contributed by atoms with van der Waals surface area (Å²) in [5.41, 5.74) is 0.394. The maximum atomic E-state index is 13.3. The van der Waals surface area contributed by atoms with Crippen molar-refractivity contribution in [2.45, 2.75) is 6.54 Å². The number of hydrogen-bond donors (Lipinski definition) is 0. The molecule has 2 amide bonds. The molecule has 4 rings (SSSR count). The van der Waals surface area contributed by atoms with Crippen molar-refractivity contribution in [3.8, 4) is 0 Å². The van der Waals surface area contributed by atoms with E-state index in [4.69, 9.17) is 0 Å². The topological polar surface area (TPSA) is 79.9 Å². The molecule has 0 atom stereocenters. The van der Waals surface area contributed by atoms with Gasteiger partial charge in [0.05, 0.1) is 0 Å². The van der Waals surface area contributed by atoms with E-state index in [0.717, 1.165) is 4.68 Å². The van der Waals surface area contributed by atoms with Crippen LogP contribution in [0.5, 0.6) is 0 Å². The Balaban J connectivity index is 1.39. The quantitative estimate of drug-likeness (QED) is 0.664. The number of rotatable bonds is 3. The van der Waals surface area contributed by atoms with Gasteiger partial charge in [-0.15, -0.1) is 5.10 Å². The first-order valence-electron chi connectivity index (χ1n) is 8.90. The van der Waals surface area contributed by atoms with Crippen molar-refractivity contribution in [3.05, 3.63) is 70.5 Å². The number of hydrogen-bond acceptors (Lipinski definition) is 4. The Labute approximate surface area is 159 Å². The van der Waals surface area contributed by atoms with Crippen molar-refractivity contribution < 1.29 is 14.0 Å². The van der Waals surface area contributed by atoms with Crippen LogP contribution < -0.4 is 5.69 Å². The summed E-state index contributed by atoms with van der Waals surface area (Å²) < 4.78 is 15.8. The first-order chi connectivity index (χ1) is 13.5. The number of carbonyl (C=O) groups is 2. The summed E-state index contributed by atoms with van der Waals surface area (Å²) in [6.45, 7) is 1.24. The summed E-state index contributed by atoms with van der Waals surface area (Å²) in [4.78, 5) is 40.5. The highest BCUT2D eigenvalue weighted by Gasteiger charge is 2.25. The molecule has 0 spiro atoms. The van der Waals surface area contributed by atoms with Gasteiger partial charge >= 0.3 is 5.69 Å². The van der Waals surface area contributed by atoms with Crippen LogP contribution in [-0.2, 0) is 11.3 Å². The lowest BCUT2D eigenvalue weighted by Gasteiger charge is -2.34. The number of fused-ring (bicyclic) bond motifs is 1. The number of halogens is 1. The second-order valence-electron chi connectivity index (χ2n) is 6.55. The van der Waals surface area contributed by atoms with Crippen molar-refractivity contribution in [1.82, 2.24) is 24.0 Å². The van der Waals surface area contributed by atoms with Gasteiger partial charge in [0.15, 0.2) is 5.65 Å². The van der Waals surface area contributed by atoms with E-state index < -0.39 is 5.82 Å². The van der Waals surface area contributed by atoms with Crippen LogP contribution in [0, 0.1) is 5.82 Å². The van der Waals surface area contributed by atoms with Crippen LogP contribution in [0.3, 0.4) is 0 Å². The lowest BCUT2D eigenvalue weighted by Crippen LogP contribution is -2.51. The third kappa shape index (κ3) is 3.38. The van der Waals surface area contributed by atoms with Gasteiger partial charge in [0, 0.05) is 37.9 Å². The average molecular weight is 383 g/mol. The van der Waals surface area contributed by atoms with Gasteiger partial charge in [-0.3, -0.25) is 14.0 Å². The molecule has 0 radical (unpaired) electrons. The Kier molecular flexibility index (Phi) is 4.64. The van der Waals surface area contributed by atoms with Gasteiger partial charge in [-0.2, -0.15) is 0 Å². The van der Waals surface area contributed by atoms with E-state index in [-0.39, 0.29) is 29.6 Å². The molecule has 3 aromatic rings. The predicted molar refractivity (Wildman–Crippen MR) is 98.3 cm³/mol. The highest BCUT2D eigenvalue weighted by Crippen LogP contribution is 2.11. The number of nitrogens with zero attached hydrogens (tertiary/aromatic N) is 5. The van der Waals surface area contributed by atoms with Gasteiger partial charge in [0.25, 0.3) is 5.91 Å². The van der Waals surface area contributed by atoms with E-state index in [1.807, 2.05) is 0 Å². The Morgan fingerprint density at radius 3 is 2.46 bits per heavy atom. The molecule has 1 fully saturated rings. The van der Waals surface area contributed by atoms with Crippen LogP contribution in [0.15, 0.2) is 53.5 Å². The van der Waals surface area contributed by atoms with Gasteiger partial charge in [0.1, 0.15) is 12.4 Å². The van der Waals surface area contributed by atoms with Crippen LogP contribution in [0.2, 0.25) is 0 Å². The van der Waals surface area contributed by atoms with Gasteiger partial charge in [-0.05, 0) is 30.3 Å². The zero-order valence-electron chi connectivity index (χ0n) is 15.0. The average Bonchev–Trinajstić information content (AvgIpc) is 3.03. The minimum absolute atomic E-state index is 0.154. The van der Waals surface area contributed by atoms with E-state index in [0.29, 0.717) is 31.8 Å². The molecule has 1 aliphatic heterocycles. The van der Waals surface area contributed by atoms with Gasteiger partial charge in [-0.1, -0.05) is 12.1 Å². The maximum Gasteiger partial charge on any atom is 0.350 e. The Morgan fingerprint density at radius 2 is 1.75 bits per heavy atom. The van der Waals surface area contributed by atoms with Crippen molar-refractivity contribution in [2.75, 3.05) is 26.2 Å². The van der Waals surface area contributed by atoms with E-state index in [1.165, 1.54) is 22.6 Å². The summed E-state index contributed by atoms with van der Waals surface area (Å²) in [7, 11) is 0. The van der Waals surface area contributed by atoms with Crippen LogP contribution >= 0.6 is 0 Å². The highest BCUT2D eigenvalue weighted by molar-refractivity contribution is 5.94. The molecule has 0 N–H and O–H groups in total. The number of benzene rings is 1. The van der Waals surface area contributed by atoms with E-state index in [2.05, 4.69) is 5.10 Å². The van der Waals surface area contributed by atoms with E-state index >= 15 is 0 Å². The number of pyridine rings is 1. The van der Waals surface area contributed by atoms with Crippen LogP contribution in [0.25, 0.3) is 5.65 Å². The monoisotopic (exact) mass is 383 g/mol. The second-order valence-corrected chi connectivity index (χ2v) is 6.55. The Morgan fingerprint density at radius 1 is 1.00 bits per heavy atom. The molecular formula is C19H18FN5O3. The Hall–Kier alpha value is -3.49. The summed E-state index contributed by atoms with van der Waals surface area (Å²) in [5.74, 6) is -0.955. The normalized spacial score (nSPS) is 14.5. The SMILES string of the molecule is O=C(Cn1nc2ccccn2c1=O)N1CCN(C(=O)c2cccc(F)c2)CC1. The number of aromatic nitrogens is 3. The number of amides is 2. The molecule has 2 aromatic heterocycles. The van der Waals surface area contributed by atoms with Crippen LogP contribution in [-0.4, -0.2) is 62.0 Å². The first kappa shape index (κ1) is 17.9.